The van der Waals surface area contributed by atoms with Crippen molar-refractivity contribution in [1.29, 1.82) is 0 Å². The standard InChI is InChI=1S/C24H31FN2O.2ClH/c25-24-4-2-1-3-22(24)18-5-7-19(8-6-18)23(17-27-15-13-26-14-16-27)20-9-11-21(28)12-10-20;;/h1-8,20-21,23,26,28H,9-17H2;2*1H. The molecule has 166 valence electrons. The first-order valence-electron chi connectivity index (χ1n) is 10.7. The lowest BCUT2D eigenvalue weighted by Gasteiger charge is -2.37. The number of halogens is 3. The van der Waals surface area contributed by atoms with Gasteiger partial charge < -0.3 is 15.3 Å². The molecule has 6 heteroatoms. The summed E-state index contributed by atoms with van der Waals surface area (Å²) in [4.78, 5) is 2.57. The molecule has 0 bridgehead atoms. The summed E-state index contributed by atoms with van der Waals surface area (Å²) in [5.41, 5.74) is 2.94. The molecule has 3 nitrogen and oxygen atoms in total. The van der Waals surface area contributed by atoms with Crippen molar-refractivity contribution in [1.82, 2.24) is 10.2 Å². The Hall–Kier alpha value is -1.17. The average molecular weight is 455 g/mol. The van der Waals surface area contributed by atoms with Crippen molar-refractivity contribution in [2.24, 2.45) is 5.92 Å². The van der Waals surface area contributed by atoms with Crippen LogP contribution in [0.3, 0.4) is 0 Å². The molecule has 2 fully saturated rings. The molecule has 2 aromatic carbocycles. The van der Waals surface area contributed by atoms with Crippen LogP contribution in [0.1, 0.15) is 37.2 Å². The molecule has 1 heterocycles. The van der Waals surface area contributed by atoms with Crippen molar-refractivity contribution in [3.05, 3.63) is 59.9 Å². The minimum absolute atomic E-state index is 0. The Labute approximate surface area is 191 Å². The minimum atomic E-state index is -0.172. The normalized spacial score (nSPS) is 23.1. The lowest BCUT2D eigenvalue weighted by atomic mass is 9.75. The van der Waals surface area contributed by atoms with Crippen molar-refractivity contribution in [3.8, 4) is 11.1 Å². The van der Waals surface area contributed by atoms with Gasteiger partial charge in [-0.3, -0.25) is 0 Å². The number of hydrogen-bond acceptors (Lipinski definition) is 3. The summed E-state index contributed by atoms with van der Waals surface area (Å²) in [5, 5.41) is 13.4. The van der Waals surface area contributed by atoms with Gasteiger partial charge in [0.1, 0.15) is 5.82 Å². The van der Waals surface area contributed by atoms with Gasteiger partial charge in [0, 0.05) is 38.3 Å². The number of hydrogen-bond donors (Lipinski definition) is 2. The number of rotatable bonds is 5. The van der Waals surface area contributed by atoms with E-state index in [1.807, 2.05) is 12.1 Å². The quantitative estimate of drug-likeness (QED) is 0.675. The molecule has 2 aliphatic rings. The molecule has 1 unspecified atom stereocenters. The SMILES string of the molecule is Cl.Cl.OC1CCC(C(CN2CCNCC2)c2ccc(-c3ccccc3F)cc2)CC1. The highest BCUT2D eigenvalue weighted by Crippen LogP contribution is 2.37. The number of aliphatic hydroxyl groups is 1. The molecule has 1 saturated carbocycles. The van der Waals surface area contributed by atoms with E-state index in [2.05, 4.69) is 34.5 Å². The van der Waals surface area contributed by atoms with Crippen LogP contribution in [0.15, 0.2) is 48.5 Å². The predicted octanol–water partition coefficient (Wildman–Crippen LogP) is 4.88. The van der Waals surface area contributed by atoms with Crippen molar-refractivity contribution in [2.45, 2.75) is 37.7 Å². The van der Waals surface area contributed by atoms with Gasteiger partial charge >= 0.3 is 0 Å². The monoisotopic (exact) mass is 454 g/mol. The Bertz CT molecular complexity index is 760. The highest BCUT2D eigenvalue weighted by molar-refractivity contribution is 5.85. The molecule has 1 saturated heterocycles. The Morgan fingerprint density at radius 2 is 1.57 bits per heavy atom. The summed E-state index contributed by atoms with van der Waals surface area (Å²) in [5.74, 6) is 0.909. The van der Waals surface area contributed by atoms with Gasteiger partial charge in [-0.25, -0.2) is 4.39 Å². The fraction of sp³-hybridized carbons (Fsp3) is 0.500. The molecule has 30 heavy (non-hydrogen) atoms. The largest absolute Gasteiger partial charge is 0.393 e. The van der Waals surface area contributed by atoms with E-state index >= 15 is 0 Å². The van der Waals surface area contributed by atoms with Crippen molar-refractivity contribution in [3.63, 3.8) is 0 Å². The maximum Gasteiger partial charge on any atom is 0.131 e. The van der Waals surface area contributed by atoms with E-state index in [1.165, 1.54) is 11.6 Å². The van der Waals surface area contributed by atoms with Crippen molar-refractivity contribution < 1.29 is 9.50 Å². The molecule has 1 aliphatic carbocycles. The summed E-state index contributed by atoms with van der Waals surface area (Å²) < 4.78 is 14.1. The number of benzene rings is 2. The summed E-state index contributed by atoms with van der Waals surface area (Å²) in [6.07, 6.45) is 3.88. The van der Waals surface area contributed by atoms with Gasteiger partial charge in [0.15, 0.2) is 0 Å². The first-order chi connectivity index (χ1) is 13.7. The fourth-order valence-electron chi connectivity index (χ4n) is 4.81. The first kappa shape index (κ1) is 25.1. The van der Waals surface area contributed by atoms with E-state index in [4.69, 9.17) is 0 Å². The summed E-state index contributed by atoms with van der Waals surface area (Å²) in [7, 11) is 0. The summed E-state index contributed by atoms with van der Waals surface area (Å²) in [6.45, 7) is 5.38. The molecule has 2 N–H and O–H groups in total. The van der Waals surface area contributed by atoms with E-state index < -0.39 is 0 Å². The van der Waals surface area contributed by atoms with Gasteiger partial charge in [-0.15, -0.1) is 24.8 Å². The van der Waals surface area contributed by atoms with Gasteiger partial charge in [0.05, 0.1) is 6.10 Å². The predicted molar refractivity (Wildman–Crippen MR) is 126 cm³/mol. The zero-order chi connectivity index (χ0) is 19.3. The van der Waals surface area contributed by atoms with Crippen LogP contribution in [0.2, 0.25) is 0 Å². The maximum atomic E-state index is 14.1. The van der Waals surface area contributed by atoms with Crippen LogP contribution in [-0.4, -0.2) is 48.8 Å². The molecule has 4 rings (SSSR count). The van der Waals surface area contributed by atoms with Crippen LogP contribution in [0.25, 0.3) is 11.1 Å². The number of piperazine rings is 1. The Morgan fingerprint density at radius 3 is 2.20 bits per heavy atom. The molecule has 0 aromatic heterocycles. The zero-order valence-corrected chi connectivity index (χ0v) is 18.9. The van der Waals surface area contributed by atoms with Crippen molar-refractivity contribution >= 4 is 24.8 Å². The van der Waals surface area contributed by atoms with E-state index in [1.54, 1.807) is 6.07 Å². The highest BCUT2D eigenvalue weighted by atomic mass is 35.5. The number of nitrogens with zero attached hydrogens (tertiary/aromatic N) is 1. The summed E-state index contributed by atoms with van der Waals surface area (Å²) >= 11 is 0. The van der Waals surface area contributed by atoms with E-state index in [0.717, 1.165) is 64.0 Å². The lowest BCUT2D eigenvalue weighted by Crippen LogP contribution is -2.46. The topological polar surface area (TPSA) is 35.5 Å². The average Bonchev–Trinajstić information content (AvgIpc) is 2.74. The summed E-state index contributed by atoms with van der Waals surface area (Å²) in [6, 6.07) is 15.5. The molecule has 1 aliphatic heterocycles. The second kappa shape index (κ2) is 12.0. The van der Waals surface area contributed by atoms with Crippen LogP contribution in [0.5, 0.6) is 0 Å². The molecular weight excluding hydrogens is 422 g/mol. The van der Waals surface area contributed by atoms with E-state index in [9.17, 15) is 9.50 Å². The Morgan fingerprint density at radius 1 is 0.933 bits per heavy atom. The smallest absolute Gasteiger partial charge is 0.131 e. The van der Waals surface area contributed by atoms with Crippen LogP contribution in [0, 0.1) is 11.7 Å². The van der Waals surface area contributed by atoms with E-state index in [0.29, 0.717) is 17.4 Å². The molecular formula is C24H33Cl2FN2O. The molecule has 0 amide bonds. The molecule has 1 atom stereocenters. The Balaban J connectivity index is 0.00000160. The fourth-order valence-corrected chi connectivity index (χ4v) is 4.81. The highest BCUT2D eigenvalue weighted by Gasteiger charge is 2.29. The third kappa shape index (κ3) is 6.18. The third-order valence-electron chi connectivity index (χ3n) is 6.50. The molecule has 0 spiro atoms. The van der Waals surface area contributed by atoms with Crippen LogP contribution < -0.4 is 5.32 Å². The van der Waals surface area contributed by atoms with Crippen LogP contribution in [-0.2, 0) is 0 Å². The Kier molecular flexibility index (Phi) is 10.1. The second-order valence-corrected chi connectivity index (χ2v) is 8.33. The lowest BCUT2D eigenvalue weighted by molar-refractivity contribution is 0.0932. The van der Waals surface area contributed by atoms with Gasteiger partial charge in [-0.2, -0.15) is 0 Å². The molecule has 2 aromatic rings. The van der Waals surface area contributed by atoms with Crippen LogP contribution in [0.4, 0.5) is 4.39 Å². The molecule has 0 radical (unpaired) electrons. The van der Waals surface area contributed by atoms with Gasteiger partial charge in [-0.1, -0.05) is 42.5 Å². The van der Waals surface area contributed by atoms with Gasteiger partial charge in [0.25, 0.3) is 0 Å². The maximum absolute atomic E-state index is 14.1. The first-order valence-corrected chi connectivity index (χ1v) is 10.7. The van der Waals surface area contributed by atoms with E-state index in [-0.39, 0.29) is 36.7 Å². The minimum Gasteiger partial charge on any atom is -0.393 e. The van der Waals surface area contributed by atoms with Crippen LogP contribution >= 0.6 is 24.8 Å². The van der Waals surface area contributed by atoms with Crippen molar-refractivity contribution in [2.75, 3.05) is 32.7 Å². The zero-order valence-electron chi connectivity index (χ0n) is 17.3. The van der Waals surface area contributed by atoms with Gasteiger partial charge in [0.2, 0.25) is 0 Å². The number of aliphatic hydroxyl groups excluding tert-OH is 1. The van der Waals surface area contributed by atoms with Gasteiger partial charge in [-0.05, 0) is 54.7 Å². The number of nitrogens with one attached hydrogen (secondary N) is 1. The third-order valence-corrected chi connectivity index (χ3v) is 6.50. The second-order valence-electron chi connectivity index (χ2n) is 8.33.